The Morgan fingerprint density at radius 3 is 2.27 bits per heavy atom. The lowest BCUT2D eigenvalue weighted by atomic mass is 9.81. The largest absolute Gasteiger partial charge is 0.285 e. The second-order valence-corrected chi connectivity index (χ2v) is 3.20. The minimum Gasteiger partial charge on any atom is -0.237 e. The van der Waals surface area contributed by atoms with Crippen molar-refractivity contribution in [1.29, 1.82) is 0 Å². The second-order valence-electron chi connectivity index (χ2n) is 3.20. The summed E-state index contributed by atoms with van der Waals surface area (Å²) < 4.78 is 38.9. The van der Waals surface area contributed by atoms with E-state index in [1.807, 2.05) is 0 Å². The second kappa shape index (κ2) is 2.26. The SMILES string of the molecule is CC1C=CCC(F)(F)C1(C)F. The zero-order chi connectivity index (χ0) is 8.70. The van der Waals surface area contributed by atoms with Crippen molar-refractivity contribution in [3.05, 3.63) is 12.2 Å². The zero-order valence-electron chi connectivity index (χ0n) is 6.57. The Kier molecular flexibility index (Phi) is 1.77. The summed E-state index contributed by atoms with van der Waals surface area (Å²) in [5, 5.41) is 0. The van der Waals surface area contributed by atoms with Crippen molar-refractivity contribution in [2.24, 2.45) is 5.92 Å². The highest BCUT2D eigenvalue weighted by atomic mass is 19.3. The molecule has 1 aliphatic carbocycles. The zero-order valence-corrected chi connectivity index (χ0v) is 6.57. The molecule has 3 heteroatoms. The molecular formula is C8H11F3. The van der Waals surface area contributed by atoms with Crippen molar-refractivity contribution >= 4 is 0 Å². The Balaban J connectivity index is 2.96. The van der Waals surface area contributed by atoms with Crippen LogP contribution in [0.2, 0.25) is 0 Å². The predicted molar refractivity (Wildman–Crippen MR) is 37.4 cm³/mol. The van der Waals surface area contributed by atoms with Gasteiger partial charge < -0.3 is 0 Å². The Bertz CT molecular complexity index is 182. The van der Waals surface area contributed by atoms with Gasteiger partial charge in [-0.2, -0.15) is 0 Å². The van der Waals surface area contributed by atoms with Crippen molar-refractivity contribution in [2.75, 3.05) is 0 Å². The molecule has 2 atom stereocenters. The van der Waals surface area contributed by atoms with Gasteiger partial charge in [-0.25, -0.2) is 13.2 Å². The van der Waals surface area contributed by atoms with Gasteiger partial charge in [-0.15, -0.1) is 0 Å². The molecule has 0 N–H and O–H groups in total. The molecule has 2 unspecified atom stereocenters. The fourth-order valence-corrected chi connectivity index (χ4v) is 1.13. The summed E-state index contributed by atoms with van der Waals surface area (Å²) in [5.41, 5.74) is -2.39. The third-order valence-electron chi connectivity index (χ3n) is 2.37. The van der Waals surface area contributed by atoms with Crippen molar-refractivity contribution in [3.8, 4) is 0 Å². The summed E-state index contributed by atoms with van der Waals surface area (Å²) in [6.07, 6.45) is 2.35. The lowest BCUT2D eigenvalue weighted by Crippen LogP contribution is -2.47. The fraction of sp³-hybridized carbons (Fsp3) is 0.750. The number of allylic oxidation sites excluding steroid dienone is 2. The third kappa shape index (κ3) is 1.17. The number of hydrogen-bond donors (Lipinski definition) is 0. The van der Waals surface area contributed by atoms with E-state index in [9.17, 15) is 13.2 Å². The minimum atomic E-state index is -3.21. The molecule has 0 fully saturated rings. The Hall–Kier alpha value is -0.470. The van der Waals surface area contributed by atoms with Crippen LogP contribution in [0.1, 0.15) is 20.3 Å². The Morgan fingerprint density at radius 1 is 1.36 bits per heavy atom. The quantitative estimate of drug-likeness (QED) is 0.483. The van der Waals surface area contributed by atoms with Gasteiger partial charge in [0, 0.05) is 12.3 Å². The van der Waals surface area contributed by atoms with E-state index < -0.39 is 23.9 Å². The molecule has 0 spiro atoms. The molecule has 1 aliphatic rings. The van der Waals surface area contributed by atoms with Gasteiger partial charge in [-0.1, -0.05) is 19.1 Å². The molecule has 0 radical (unpaired) electrons. The molecule has 0 aromatic carbocycles. The topological polar surface area (TPSA) is 0 Å². The molecule has 0 saturated carbocycles. The van der Waals surface area contributed by atoms with Crippen LogP contribution in [0.3, 0.4) is 0 Å². The van der Waals surface area contributed by atoms with Crippen LogP contribution < -0.4 is 0 Å². The Morgan fingerprint density at radius 2 is 1.91 bits per heavy atom. The van der Waals surface area contributed by atoms with E-state index in [1.54, 1.807) is 0 Å². The maximum Gasteiger partial charge on any atom is 0.285 e. The molecule has 11 heavy (non-hydrogen) atoms. The van der Waals surface area contributed by atoms with Crippen LogP contribution in [-0.4, -0.2) is 11.6 Å². The van der Waals surface area contributed by atoms with Gasteiger partial charge in [0.05, 0.1) is 0 Å². The van der Waals surface area contributed by atoms with Gasteiger partial charge >= 0.3 is 0 Å². The molecule has 0 aromatic heterocycles. The van der Waals surface area contributed by atoms with Gasteiger partial charge in [0.25, 0.3) is 5.92 Å². The molecule has 0 nitrogen and oxygen atoms in total. The van der Waals surface area contributed by atoms with Crippen LogP contribution in [0, 0.1) is 5.92 Å². The number of hydrogen-bond acceptors (Lipinski definition) is 0. The molecule has 1 rings (SSSR count). The first-order valence-electron chi connectivity index (χ1n) is 3.61. The summed E-state index contributed by atoms with van der Waals surface area (Å²) in [6, 6.07) is 0. The van der Waals surface area contributed by atoms with Crippen LogP contribution >= 0.6 is 0 Å². The maximum absolute atomic E-state index is 13.2. The standard InChI is InChI=1S/C8H11F3/c1-6-4-3-5-8(10,11)7(6,2)9/h3-4,6H,5H2,1-2H3. The molecule has 64 valence electrons. The first-order valence-corrected chi connectivity index (χ1v) is 3.61. The number of alkyl halides is 3. The highest BCUT2D eigenvalue weighted by molar-refractivity contribution is 5.10. The van der Waals surface area contributed by atoms with E-state index in [-0.39, 0.29) is 0 Å². The number of halogens is 3. The lowest BCUT2D eigenvalue weighted by molar-refractivity contribution is -0.147. The molecule has 0 saturated heterocycles. The van der Waals surface area contributed by atoms with Crippen molar-refractivity contribution in [3.63, 3.8) is 0 Å². The molecule has 0 heterocycles. The molecule has 0 aliphatic heterocycles. The van der Waals surface area contributed by atoms with Crippen LogP contribution in [-0.2, 0) is 0 Å². The van der Waals surface area contributed by atoms with Crippen molar-refractivity contribution in [2.45, 2.75) is 31.9 Å². The van der Waals surface area contributed by atoms with Gasteiger partial charge in [0.1, 0.15) is 0 Å². The third-order valence-corrected chi connectivity index (χ3v) is 2.37. The summed E-state index contributed by atoms with van der Waals surface area (Å²) in [7, 11) is 0. The summed E-state index contributed by atoms with van der Waals surface area (Å²) in [6.45, 7) is 2.42. The van der Waals surface area contributed by atoms with Crippen LogP contribution in [0.5, 0.6) is 0 Å². The van der Waals surface area contributed by atoms with Crippen LogP contribution in [0.15, 0.2) is 12.2 Å². The monoisotopic (exact) mass is 164 g/mol. The molecule has 0 bridgehead atoms. The summed E-state index contributed by atoms with van der Waals surface area (Å²) in [5.74, 6) is -3.91. The van der Waals surface area contributed by atoms with E-state index in [1.165, 1.54) is 19.1 Å². The van der Waals surface area contributed by atoms with E-state index in [4.69, 9.17) is 0 Å². The van der Waals surface area contributed by atoms with Crippen LogP contribution in [0.25, 0.3) is 0 Å². The highest BCUT2D eigenvalue weighted by Gasteiger charge is 2.54. The fourth-order valence-electron chi connectivity index (χ4n) is 1.13. The maximum atomic E-state index is 13.2. The van der Waals surface area contributed by atoms with Gasteiger partial charge in [0.15, 0.2) is 5.67 Å². The minimum absolute atomic E-state index is 0.482. The van der Waals surface area contributed by atoms with Crippen LogP contribution in [0.4, 0.5) is 13.2 Å². The average molecular weight is 164 g/mol. The Labute approximate surface area is 64.1 Å². The summed E-state index contributed by atoms with van der Waals surface area (Å²) >= 11 is 0. The average Bonchev–Trinajstić information content (AvgIpc) is 1.84. The molecule has 0 aromatic rings. The van der Waals surface area contributed by atoms with Crippen molar-refractivity contribution < 1.29 is 13.2 Å². The van der Waals surface area contributed by atoms with E-state index >= 15 is 0 Å². The number of rotatable bonds is 0. The molecular weight excluding hydrogens is 153 g/mol. The first-order chi connectivity index (χ1) is 4.88. The normalized spacial score (nSPS) is 42.5. The van der Waals surface area contributed by atoms with Gasteiger partial charge in [-0.05, 0) is 6.92 Å². The van der Waals surface area contributed by atoms with Crippen molar-refractivity contribution in [1.82, 2.24) is 0 Å². The smallest absolute Gasteiger partial charge is 0.237 e. The highest BCUT2D eigenvalue weighted by Crippen LogP contribution is 2.44. The van der Waals surface area contributed by atoms with Gasteiger partial charge in [-0.3, -0.25) is 0 Å². The van der Waals surface area contributed by atoms with E-state index in [2.05, 4.69) is 0 Å². The molecule has 0 amide bonds. The predicted octanol–water partition coefficient (Wildman–Crippen LogP) is 2.95. The van der Waals surface area contributed by atoms with E-state index in [0.717, 1.165) is 6.92 Å². The summed E-state index contributed by atoms with van der Waals surface area (Å²) in [4.78, 5) is 0. The first kappa shape index (κ1) is 8.62. The van der Waals surface area contributed by atoms with Gasteiger partial charge in [0.2, 0.25) is 0 Å². The van der Waals surface area contributed by atoms with E-state index in [0.29, 0.717) is 0 Å². The lowest BCUT2D eigenvalue weighted by Gasteiger charge is -2.36.